The Morgan fingerprint density at radius 3 is 2.13 bits per heavy atom. The van der Waals surface area contributed by atoms with Gasteiger partial charge in [-0.25, -0.2) is 8.78 Å². The van der Waals surface area contributed by atoms with Crippen LogP contribution in [0.4, 0.5) is 8.78 Å². The second-order valence-corrected chi connectivity index (χ2v) is 4.44. The number of hydrogen-bond acceptors (Lipinski definition) is 1. The minimum atomic E-state index is -2.87. The highest BCUT2D eigenvalue weighted by molar-refractivity contribution is 5.75. The summed E-state index contributed by atoms with van der Waals surface area (Å²) in [7, 11) is 0. The summed E-state index contributed by atoms with van der Waals surface area (Å²) in [6.45, 7) is 9.73. The second-order valence-electron chi connectivity index (χ2n) is 4.44. The van der Waals surface area contributed by atoms with E-state index in [0.29, 0.717) is 0 Å². The van der Waals surface area contributed by atoms with Gasteiger partial charge >= 0.3 is 0 Å². The molecule has 0 heterocycles. The fourth-order valence-corrected chi connectivity index (χ4v) is 1.30. The molecule has 0 N–H and O–H groups in total. The lowest BCUT2D eigenvalue weighted by Gasteiger charge is -2.27. The Morgan fingerprint density at radius 1 is 1.33 bits per heavy atom. The molecule has 1 atom stereocenters. The monoisotopic (exact) mass is 218 g/mol. The van der Waals surface area contributed by atoms with Crippen molar-refractivity contribution in [2.24, 2.45) is 11.8 Å². The van der Waals surface area contributed by atoms with Crippen molar-refractivity contribution in [3.8, 4) is 0 Å². The maximum Gasteiger partial charge on any atom is 0.271 e. The van der Waals surface area contributed by atoms with Crippen molar-refractivity contribution in [3.63, 3.8) is 0 Å². The average Bonchev–Trinajstić information content (AvgIpc) is 2.12. The number of hydrogen-bond donors (Lipinski definition) is 0. The van der Waals surface area contributed by atoms with Crippen LogP contribution in [0.2, 0.25) is 0 Å². The maximum absolute atomic E-state index is 13.7. The number of rotatable bonds is 6. The molecule has 0 fully saturated rings. The maximum atomic E-state index is 13.7. The Kier molecular flexibility index (Phi) is 5.12. The summed E-state index contributed by atoms with van der Waals surface area (Å²) < 4.78 is 27.4. The molecule has 1 nitrogen and oxygen atoms in total. The first-order valence-electron chi connectivity index (χ1n) is 5.26. The molecule has 0 aliphatic rings. The number of ketones is 1. The lowest BCUT2D eigenvalue weighted by atomic mass is 9.87. The third kappa shape index (κ3) is 4.10. The van der Waals surface area contributed by atoms with E-state index >= 15 is 0 Å². The van der Waals surface area contributed by atoms with Crippen molar-refractivity contribution in [3.05, 3.63) is 12.2 Å². The number of alkyl halides is 2. The van der Waals surface area contributed by atoms with Crippen LogP contribution in [0.25, 0.3) is 0 Å². The van der Waals surface area contributed by atoms with Gasteiger partial charge in [0.15, 0.2) is 0 Å². The van der Waals surface area contributed by atoms with Crippen LogP contribution in [0, 0.1) is 11.8 Å². The lowest BCUT2D eigenvalue weighted by Crippen LogP contribution is -2.30. The van der Waals surface area contributed by atoms with Gasteiger partial charge in [0.2, 0.25) is 0 Å². The number of halogens is 2. The van der Waals surface area contributed by atoms with E-state index in [0.717, 1.165) is 0 Å². The minimum absolute atomic E-state index is 0.0430. The van der Waals surface area contributed by atoms with Gasteiger partial charge in [-0.1, -0.05) is 27.4 Å². The Labute approximate surface area is 90.6 Å². The minimum Gasteiger partial charge on any atom is -0.300 e. The molecular formula is C12H20F2O. The summed E-state index contributed by atoms with van der Waals surface area (Å²) in [4.78, 5) is 10.7. The van der Waals surface area contributed by atoms with Crippen LogP contribution < -0.4 is 0 Å². The summed E-state index contributed by atoms with van der Waals surface area (Å²) in [6.07, 6.45) is 0.427. The van der Waals surface area contributed by atoms with E-state index < -0.39 is 11.8 Å². The highest BCUT2D eigenvalue weighted by Crippen LogP contribution is 2.37. The number of carbonyl (C=O) groups is 1. The van der Waals surface area contributed by atoms with E-state index in [1.807, 2.05) is 0 Å². The Morgan fingerprint density at radius 2 is 1.80 bits per heavy atom. The third-order valence-corrected chi connectivity index (χ3v) is 2.67. The van der Waals surface area contributed by atoms with Crippen molar-refractivity contribution in [1.82, 2.24) is 0 Å². The Bertz CT molecular complexity index is 244. The van der Waals surface area contributed by atoms with Gasteiger partial charge in [-0.2, -0.15) is 0 Å². The lowest BCUT2D eigenvalue weighted by molar-refractivity contribution is -0.117. The van der Waals surface area contributed by atoms with Crippen LogP contribution in [-0.4, -0.2) is 11.7 Å². The molecule has 3 heteroatoms. The summed E-state index contributed by atoms with van der Waals surface area (Å²) in [5.41, 5.74) is -0.0430. The number of Topliss-reactive ketones (excluding diaryl/α,β-unsaturated/α-hetero) is 1. The zero-order valence-corrected chi connectivity index (χ0v) is 9.94. The molecule has 0 rings (SSSR count). The van der Waals surface area contributed by atoms with Crippen LogP contribution in [0.3, 0.4) is 0 Å². The molecule has 0 saturated carbocycles. The Balaban J connectivity index is 4.44. The van der Waals surface area contributed by atoms with Gasteiger partial charge in [-0.3, -0.25) is 0 Å². The highest BCUT2D eigenvalue weighted by atomic mass is 19.3. The van der Waals surface area contributed by atoms with E-state index in [4.69, 9.17) is 0 Å². The normalized spacial score (nSPS) is 14.1. The molecule has 0 aromatic carbocycles. The van der Waals surface area contributed by atoms with Crippen LogP contribution in [0.1, 0.15) is 40.5 Å². The summed E-state index contributed by atoms with van der Waals surface area (Å²) in [5, 5.41) is 0. The molecule has 1 unspecified atom stereocenters. The zero-order valence-electron chi connectivity index (χ0n) is 9.94. The van der Waals surface area contributed by atoms with Crippen molar-refractivity contribution >= 4 is 5.78 Å². The van der Waals surface area contributed by atoms with E-state index in [-0.39, 0.29) is 30.1 Å². The molecule has 0 bridgehead atoms. The first kappa shape index (κ1) is 14.3. The van der Waals surface area contributed by atoms with E-state index in [1.165, 1.54) is 13.8 Å². The topological polar surface area (TPSA) is 17.1 Å². The van der Waals surface area contributed by atoms with Gasteiger partial charge in [0.05, 0.1) is 0 Å². The molecular weight excluding hydrogens is 198 g/mol. The predicted molar refractivity (Wildman–Crippen MR) is 58.0 cm³/mol. The van der Waals surface area contributed by atoms with Gasteiger partial charge in [0, 0.05) is 12.3 Å². The molecule has 15 heavy (non-hydrogen) atoms. The van der Waals surface area contributed by atoms with Crippen LogP contribution in [0.15, 0.2) is 12.2 Å². The van der Waals surface area contributed by atoms with Crippen LogP contribution in [-0.2, 0) is 4.79 Å². The molecule has 0 radical (unpaired) electrons. The molecule has 0 aromatic heterocycles. The quantitative estimate of drug-likeness (QED) is 0.619. The summed E-state index contributed by atoms with van der Waals surface area (Å²) >= 11 is 0. The molecule has 0 aromatic rings. The highest BCUT2D eigenvalue weighted by Gasteiger charge is 2.39. The molecule has 0 amide bonds. The fourth-order valence-electron chi connectivity index (χ4n) is 1.30. The Hall–Kier alpha value is -0.730. The number of allylic oxidation sites excluding steroid dienone is 1. The molecule has 0 saturated heterocycles. The van der Waals surface area contributed by atoms with Crippen molar-refractivity contribution in [2.45, 2.75) is 46.5 Å². The van der Waals surface area contributed by atoms with E-state index in [2.05, 4.69) is 6.58 Å². The first-order valence-corrected chi connectivity index (χ1v) is 5.26. The van der Waals surface area contributed by atoms with E-state index in [1.54, 1.807) is 13.8 Å². The van der Waals surface area contributed by atoms with Gasteiger partial charge in [-0.15, -0.1) is 0 Å². The van der Waals surface area contributed by atoms with Crippen molar-refractivity contribution in [1.29, 1.82) is 0 Å². The largest absolute Gasteiger partial charge is 0.300 e. The van der Waals surface area contributed by atoms with Gasteiger partial charge in [-0.05, 0) is 24.8 Å². The second kappa shape index (κ2) is 5.38. The molecule has 0 aliphatic heterocycles. The molecule has 0 spiro atoms. The van der Waals surface area contributed by atoms with Gasteiger partial charge in [0.25, 0.3) is 5.92 Å². The van der Waals surface area contributed by atoms with Gasteiger partial charge < -0.3 is 4.79 Å². The predicted octanol–water partition coefficient (Wildman–Crippen LogP) is 3.84. The standard InChI is InChI=1S/C12H20F2O/c1-8(2)11(5)12(13,14)9(3)6-7-10(4)15/h8-9H,5-7H2,1-4H3. The third-order valence-electron chi connectivity index (χ3n) is 2.67. The van der Waals surface area contributed by atoms with Crippen molar-refractivity contribution < 1.29 is 13.6 Å². The van der Waals surface area contributed by atoms with E-state index in [9.17, 15) is 13.6 Å². The van der Waals surface area contributed by atoms with Crippen LogP contribution >= 0.6 is 0 Å². The zero-order chi connectivity index (χ0) is 12.2. The summed E-state index contributed by atoms with van der Waals surface area (Å²) in [5.74, 6) is -3.98. The molecule has 0 aliphatic carbocycles. The number of carbonyl (C=O) groups excluding carboxylic acids is 1. The van der Waals surface area contributed by atoms with Gasteiger partial charge in [0.1, 0.15) is 5.78 Å². The SMILES string of the molecule is C=C(C(C)C)C(F)(F)C(C)CCC(C)=O. The first-order chi connectivity index (χ1) is 6.69. The molecule has 88 valence electrons. The summed E-state index contributed by atoms with van der Waals surface area (Å²) in [6, 6.07) is 0. The van der Waals surface area contributed by atoms with Crippen LogP contribution in [0.5, 0.6) is 0 Å². The van der Waals surface area contributed by atoms with Crippen molar-refractivity contribution in [2.75, 3.05) is 0 Å². The average molecular weight is 218 g/mol. The smallest absolute Gasteiger partial charge is 0.271 e. The fraction of sp³-hybridized carbons (Fsp3) is 0.750.